The molecular formula is C19H30N2O6. The SMILES string of the molecule is [2H]C([2H])(O)C([2H])([2H])N(c1ccc(C[C@@H](NC(=O)OC(C)(C)C)C(=O)OC)cc1)C([2H])([2H])C([2H])([2H])O. The molecule has 3 N–H and O–H groups in total. The lowest BCUT2D eigenvalue weighted by atomic mass is 10.1. The third-order valence-electron chi connectivity index (χ3n) is 3.13. The van der Waals surface area contributed by atoms with Crippen LogP contribution >= 0.6 is 0 Å². The van der Waals surface area contributed by atoms with Crippen LogP contribution in [-0.2, 0) is 20.7 Å². The van der Waals surface area contributed by atoms with E-state index in [1.807, 2.05) is 0 Å². The van der Waals surface area contributed by atoms with E-state index in [1.165, 1.54) is 12.1 Å². The molecule has 0 fully saturated rings. The Morgan fingerprint density at radius 1 is 1.19 bits per heavy atom. The minimum absolute atomic E-state index is 0.0550. The monoisotopic (exact) mass is 390 g/mol. The topological polar surface area (TPSA) is 108 Å². The Hall–Kier alpha value is -2.32. The van der Waals surface area contributed by atoms with Gasteiger partial charge in [0.05, 0.1) is 31.2 Å². The van der Waals surface area contributed by atoms with Crippen LogP contribution < -0.4 is 10.2 Å². The number of esters is 1. The lowest BCUT2D eigenvalue weighted by Crippen LogP contribution is -2.45. The zero-order valence-corrected chi connectivity index (χ0v) is 15.6. The molecule has 0 aliphatic heterocycles. The maximum atomic E-state index is 12.1. The van der Waals surface area contributed by atoms with E-state index < -0.39 is 55.5 Å². The van der Waals surface area contributed by atoms with Crippen LogP contribution in [-0.4, -0.2) is 67.1 Å². The standard InChI is InChI=1S/C19H30N2O6/c1-19(2,3)27-18(25)20-16(17(24)26-4)13-14-5-7-15(8-6-14)21(9-11-22)10-12-23/h5-8,16,22-23H,9-13H2,1-4H3,(H,20,25)/t16-/m1/s1/i9D2,10D2,11D2,12D2. The number of ether oxygens (including phenoxy) is 2. The first kappa shape index (κ1) is 13.0. The second-order valence-corrected chi connectivity index (χ2v) is 6.38. The summed E-state index contributed by atoms with van der Waals surface area (Å²) in [5.41, 5.74) is -0.905. The Morgan fingerprint density at radius 2 is 1.74 bits per heavy atom. The highest BCUT2D eigenvalue weighted by molar-refractivity contribution is 5.81. The molecule has 8 nitrogen and oxygen atoms in total. The van der Waals surface area contributed by atoms with Crippen molar-refractivity contribution in [1.29, 1.82) is 0 Å². The van der Waals surface area contributed by atoms with Gasteiger partial charge in [-0.3, -0.25) is 0 Å². The minimum atomic E-state index is -3.67. The fourth-order valence-electron chi connectivity index (χ4n) is 2.06. The van der Waals surface area contributed by atoms with Crippen molar-refractivity contribution in [1.82, 2.24) is 5.32 Å². The molecule has 27 heavy (non-hydrogen) atoms. The molecule has 1 aromatic carbocycles. The molecule has 1 rings (SSSR count). The Bertz CT molecular complexity index is 869. The highest BCUT2D eigenvalue weighted by atomic mass is 16.6. The van der Waals surface area contributed by atoms with Gasteiger partial charge in [0.15, 0.2) is 0 Å². The highest BCUT2D eigenvalue weighted by Crippen LogP contribution is 2.16. The van der Waals surface area contributed by atoms with Crippen molar-refractivity contribution in [3.63, 3.8) is 0 Å². The van der Waals surface area contributed by atoms with Crippen molar-refractivity contribution in [2.45, 2.75) is 38.8 Å². The molecule has 0 aliphatic carbocycles. The average molecular weight is 391 g/mol. The Labute approximate surface area is 171 Å². The van der Waals surface area contributed by atoms with Crippen LogP contribution in [0.2, 0.25) is 0 Å². The van der Waals surface area contributed by atoms with E-state index in [9.17, 15) is 19.8 Å². The second-order valence-electron chi connectivity index (χ2n) is 6.38. The summed E-state index contributed by atoms with van der Waals surface area (Å²) in [5, 5.41) is 21.7. The van der Waals surface area contributed by atoms with Gasteiger partial charge in [0.25, 0.3) is 0 Å². The number of methoxy groups -OCH3 is 1. The number of carbonyl (C=O) groups excluding carboxylic acids is 2. The van der Waals surface area contributed by atoms with Crippen LogP contribution in [0.15, 0.2) is 24.3 Å². The summed E-state index contributed by atoms with van der Waals surface area (Å²) in [5.74, 6) is -0.795. The summed E-state index contributed by atoms with van der Waals surface area (Å²) in [6, 6.07) is 3.52. The quantitative estimate of drug-likeness (QED) is 0.542. The maximum absolute atomic E-state index is 12.1. The molecule has 0 spiro atoms. The van der Waals surface area contributed by atoms with Gasteiger partial charge in [-0.2, -0.15) is 0 Å². The summed E-state index contributed by atoms with van der Waals surface area (Å²) in [4.78, 5) is 24.2. The Kier molecular flexibility index (Phi) is 5.15. The average Bonchev–Trinajstić information content (AvgIpc) is 2.64. The van der Waals surface area contributed by atoms with Crippen molar-refractivity contribution in [2.75, 3.05) is 38.1 Å². The Morgan fingerprint density at radius 3 is 2.19 bits per heavy atom. The van der Waals surface area contributed by atoms with Crippen LogP contribution in [0.1, 0.15) is 37.3 Å². The third-order valence-corrected chi connectivity index (χ3v) is 3.13. The summed E-state index contributed by atoms with van der Waals surface area (Å²) in [7, 11) is 1.11. The van der Waals surface area contributed by atoms with Crippen LogP contribution in [0, 0.1) is 0 Å². The second kappa shape index (κ2) is 10.7. The van der Waals surface area contributed by atoms with Crippen molar-refractivity contribution in [3.05, 3.63) is 29.8 Å². The number of amides is 1. The predicted molar refractivity (Wildman–Crippen MR) is 102 cm³/mol. The van der Waals surface area contributed by atoms with Crippen molar-refractivity contribution in [2.24, 2.45) is 0 Å². The van der Waals surface area contributed by atoms with Gasteiger partial charge in [-0.15, -0.1) is 0 Å². The normalized spacial score (nSPS) is 18.7. The molecule has 0 radical (unpaired) electrons. The van der Waals surface area contributed by atoms with Gasteiger partial charge < -0.3 is 29.9 Å². The molecule has 0 saturated carbocycles. The van der Waals surface area contributed by atoms with Gasteiger partial charge in [0.2, 0.25) is 0 Å². The molecule has 0 bridgehead atoms. The molecule has 0 heterocycles. The number of nitrogens with zero attached hydrogens (tertiary/aromatic N) is 1. The summed E-state index contributed by atoms with van der Waals surface area (Å²) < 4.78 is 71.0. The van der Waals surface area contributed by atoms with Gasteiger partial charge in [-0.25, -0.2) is 9.59 Å². The van der Waals surface area contributed by atoms with Crippen molar-refractivity contribution < 1.29 is 40.2 Å². The highest BCUT2D eigenvalue weighted by Gasteiger charge is 2.25. The minimum Gasteiger partial charge on any atom is -0.467 e. The van der Waals surface area contributed by atoms with Crippen molar-refractivity contribution in [3.8, 4) is 0 Å². The smallest absolute Gasteiger partial charge is 0.408 e. The van der Waals surface area contributed by atoms with E-state index in [0.29, 0.717) is 5.56 Å². The molecule has 0 aliphatic rings. The number of benzene rings is 1. The van der Waals surface area contributed by atoms with E-state index in [2.05, 4.69) is 10.1 Å². The van der Waals surface area contributed by atoms with Crippen LogP contribution in [0.4, 0.5) is 10.5 Å². The molecular weight excluding hydrogens is 352 g/mol. The van der Waals surface area contributed by atoms with Crippen LogP contribution in [0.3, 0.4) is 0 Å². The summed E-state index contributed by atoms with van der Waals surface area (Å²) in [6.07, 6.45) is -1.01. The fourth-order valence-corrected chi connectivity index (χ4v) is 2.06. The number of carbonyl (C=O) groups is 2. The van der Waals surface area contributed by atoms with E-state index >= 15 is 0 Å². The molecule has 1 atom stereocenters. The van der Waals surface area contributed by atoms with Gasteiger partial charge >= 0.3 is 12.1 Å². The first-order chi connectivity index (χ1) is 15.5. The molecule has 0 unspecified atom stereocenters. The van der Waals surface area contributed by atoms with E-state index in [-0.39, 0.29) is 11.3 Å². The van der Waals surface area contributed by atoms with Gasteiger partial charge in [-0.05, 0) is 38.5 Å². The van der Waals surface area contributed by atoms with E-state index in [1.54, 1.807) is 20.8 Å². The fraction of sp³-hybridized carbons (Fsp3) is 0.579. The van der Waals surface area contributed by atoms with Crippen LogP contribution in [0.5, 0.6) is 0 Å². The number of nitrogens with one attached hydrogen (secondary N) is 1. The van der Waals surface area contributed by atoms with Gasteiger partial charge in [0.1, 0.15) is 11.6 Å². The lowest BCUT2D eigenvalue weighted by molar-refractivity contribution is -0.143. The summed E-state index contributed by atoms with van der Waals surface area (Å²) >= 11 is 0. The van der Waals surface area contributed by atoms with Crippen molar-refractivity contribution >= 4 is 17.7 Å². The Balaban J connectivity index is 3.35. The summed E-state index contributed by atoms with van der Waals surface area (Å²) in [6.45, 7) is -9.53. The number of anilines is 1. The largest absolute Gasteiger partial charge is 0.467 e. The number of alkyl carbamates (subject to hydrolysis) is 1. The number of hydrogen-bond donors (Lipinski definition) is 3. The predicted octanol–water partition coefficient (Wildman–Crippen LogP) is 1.09. The molecule has 8 heteroatoms. The molecule has 1 aromatic rings. The molecule has 0 saturated heterocycles. The lowest BCUT2D eigenvalue weighted by Gasteiger charge is -2.24. The first-order valence-electron chi connectivity index (χ1n) is 12.0. The van der Waals surface area contributed by atoms with Crippen LogP contribution in [0.25, 0.3) is 0 Å². The van der Waals surface area contributed by atoms with Gasteiger partial charge in [-0.1, -0.05) is 12.1 Å². The van der Waals surface area contributed by atoms with E-state index in [0.717, 1.165) is 19.2 Å². The zero-order valence-electron chi connectivity index (χ0n) is 23.6. The molecule has 152 valence electrons. The number of aliphatic hydroxyl groups is 2. The first-order valence-corrected chi connectivity index (χ1v) is 7.96. The van der Waals surface area contributed by atoms with E-state index in [4.69, 9.17) is 15.7 Å². The number of rotatable bonds is 9. The maximum Gasteiger partial charge on any atom is 0.408 e. The third kappa shape index (κ3) is 8.27. The molecule has 0 aromatic heterocycles. The van der Waals surface area contributed by atoms with Gasteiger partial charge in [0, 0.05) is 25.1 Å². The zero-order chi connectivity index (χ0) is 27.6. The number of hydrogen-bond acceptors (Lipinski definition) is 7. The molecule has 1 amide bonds.